The van der Waals surface area contributed by atoms with Gasteiger partial charge in [0, 0.05) is 32.4 Å². The number of anilines is 1. The standard InChI is InChI=1S/C10H13NO.C9H13N3O2/c1-3-10(12)11-9-6-4-8(2)5-7-9;1-5-10-7-6(2)8(13)12(4)9(14)11(7)3/h4-7H,3H2,1-2H3,(H,11,12);5H,1-4H3/b;10-5-. The van der Waals surface area contributed by atoms with Crippen LogP contribution in [-0.2, 0) is 18.9 Å². The van der Waals surface area contributed by atoms with Crippen LogP contribution in [0.2, 0.25) is 0 Å². The highest BCUT2D eigenvalue weighted by Gasteiger charge is 2.09. The van der Waals surface area contributed by atoms with Crippen molar-refractivity contribution in [3.05, 3.63) is 56.2 Å². The van der Waals surface area contributed by atoms with E-state index in [0.717, 1.165) is 10.3 Å². The monoisotopic (exact) mass is 358 g/mol. The Labute approximate surface area is 153 Å². The van der Waals surface area contributed by atoms with Gasteiger partial charge in [-0.15, -0.1) is 0 Å². The van der Waals surface area contributed by atoms with Gasteiger partial charge in [-0.05, 0) is 32.9 Å². The molecule has 0 aliphatic carbocycles. The summed E-state index contributed by atoms with van der Waals surface area (Å²) >= 11 is 0. The minimum atomic E-state index is -0.360. The zero-order valence-corrected chi connectivity index (χ0v) is 16.2. The number of aliphatic imine (C=N–C) groups is 1. The minimum absolute atomic E-state index is 0.0545. The largest absolute Gasteiger partial charge is 0.332 e. The third-order valence-corrected chi connectivity index (χ3v) is 3.76. The van der Waals surface area contributed by atoms with Crippen LogP contribution in [0.3, 0.4) is 0 Å². The van der Waals surface area contributed by atoms with E-state index in [1.807, 2.05) is 38.1 Å². The molecule has 0 saturated carbocycles. The maximum absolute atomic E-state index is 11.5. The molecule has 0 aliphatic rings. The molecule has 7 heteroatoms. The molecule has 1 amide bonds. The Balaban J connectivity index is 0.000000263. The number of aryl methyl sites for hydroxylation is 1. The lowest BCUT2D eigenvalue weighted by molar-refractivity contribution is -0.115. The summed E-state index contributed by atoms with van der Waals surface area (Å²) in [7, 11) is 3.05. The van der Waals surface area contributed by atoms with Crippen LogP contribution in [0.15, 0.2) is 38.8 Å². The van der Waals surface area contributed by atoms with Gasteiger partial charge in [0.05, 0.1) is 5.56 Å². The minimum Gasteiger partial charge on any atom is -0.326 e. The predicted molar refractivity (Wildman–Crippen MR) is 106 cm³/mol. The first-order chi connectivity index (χ1) is 12.2. The quantitative estimate of drug-likeness (QED) is 0.855. The van der Waals surface area contributed by atoms with E-state index in [9.17, 15) is 14.4 Å². The second-order valence-corrected chi connectivity index (χ2v) is 5.81. The zero-order chi connectivity index (χ0) is 19.9. The van der Waals surface area contributed by atoms with Crippen molar-refractivity contribution in [2.75, 3.05) is 5.32 Å². The number of nitrogens with one attached hydrogen (secondary N) is 1. The van der Waals surface area contributed by atoms with E-state index in [1.54, 1.807) is 27.1 Å². The smallest absolute Gasteiger partial charge is 0.326 e. The van der Waals surface area contributed by atoms with E-state index >= 15 is 0 Å². The average molecular weight is 358 g/mol. The molecule has 2 rings (SSSR count). The van der Waals surface area contributed by atoms with E-state index in [0.29, 0.717) is 17.8 Å². The highest BCUT2D eigenvalue weighted by Crippen LogP contribution is 2.10. The number of hydrogen-bond acceptors (Lipinski definition) is 4. The molecule has 0 radical (unpaired) electrons. The number of carbonyl (C=O) groups excluding carboxylic acids is 1. The van der Waals surface area contributed by atoms with Gasteiger partial charge in [0.2, 0.25) is 5.91 Å². The second kappa shape index (κ2) is 9.50. The first kappa shape index (κ1) is 21.1. The van der Waals surface area contributed by atoms with Crippen LogP contribution in [0.25, 0.3) is 0 Å². The van der Waals surface area contributed by atoms with Crippen LogP contribution >= 0.6 is 0 Å². The van der Waals surface area contributed by atoms with Crippen LogP contribution in [-0.4, -0.2) is 21.3 Å². The van der Waals surface area contributed by atoms with Crippen molar-refractivity contribution in [3.63, 3.8) is 0 Å². The van der Waals surface area contributed by atoms with Crippen molar-refractivity contribution < 1.29 is 4.79 Å². The maximum Gasteiger partial charge on any atom is 0.332 e. The van der Waals surface area contributed by atoms with E-state index < -0.39 is 0 Å². The van der Waals surface area contributed by atoms with E-state index in [1.165, 1.54) is 17.2 Å². The fourth-order valence-electron chi connectivity index (χ4n) is 2.19. The number of rotatable bonds is 3. The molecule has 1 heterocycles. The molecular formula is C19H26N4O3. The van der Waals surface area contributed by atoms with Crippen LogP contribution < -0.4 is 16.6 Å². The second-order valence-electron chi connectivity index (χ2n) is 5.81. The van der Waals surface area contributed by atoms with Crippen molar-refractivity contribution in [3.8, 4) is 0 Å². The third kappa shape index (κ3) is 5.27. The number of carbonyl (C=O) groups is 1. The molecular weight excluding hydrogens is 332 g/mol. The van der Waals surface area contributed by atoms with Crippen LogP contribution in [0.1, 0.15) is 31.4 Å². The third-order valence-electron chi connectivity index (χ3n) is 3.76. The van der Waals surface area contributed by atoms with Gasteiger partial charge in [0.25, 0.3) is 5.56 Å². The summed E-state index contributed by atoms with van der Waals surface area (Å²) in [5.74, 6) is 0.472. The van der Waals surface area contributed by atoms with Crippen LogP contribution in [0, 0.1) is 13.8 Å². The Morgan fingerprint density at radius 3 is 2.19 bits per heavy atom. The van der Waals surface area contributed by atoms with Gasteiger partial charge in [0.1, 0.15) is 5.82 Å². The van der Waals surface area contributed by atoms with Crippen LogP contribution in [0.4, 0.5) is 11.5 Å². The molecule has 0 spiro atoms. The number of amides is 1. The molecule has 2 aromatic rings. The van der Waals surface area contributed by atoms with Crippen molar-refractivity contribution in [2.45, 2.75) is 34.1 Å². The number of benzene rings is 1. The predicted octanol–water partition coefficient (Wildman–Crippen LogP) is 2.46. The Kier molecular flexibility index (Phi) is 7.71. The molecule has 1 aromatic carbocycles. The maximum atomic E-state index is 11.5. The highest BCUT2D eigenvalue weighted by atomic mass is 16.2. The summed E-state index contributed by atoms with van der Waals surface area (Å²) in [6.07, 6.45) is 2.08. The number of hydrogen-bond donors (Lipinski definition) is 1. The van der Waals surface area contributed by atoms with Gasteiger partial charge in [-0.3, -0.25) is 18.7 Å². The normalized spacial score (nSPS) is 10.4. The van der Waals surface area contributed by atoms with Crippen molar-refractivity contribution in [2.24, 2.45) is 19.1 Å². The van der Waals surface area contributed by atoms with E-state index in [2.05, 4.69) is 10.3 Å². The van der Waals surface area contributed by atoms with Crippen molar-refractivity contribution in [1.29, 1.82) is 0 Å². The average Bonchev–Trinajstić information content (AvgIpc) is 2.64. The number of nitrogens with zero attached hydrogens (tertiary/aromatic N) is 3. The summed E-state index contributed by atoms with van der Waals surface area (Å²) in [5, 5.41) is 2.78. The fourth-order valence-corrected chi connectivity index (χ4v) is 2.19. The van der Waals surface area contributed by atoms with E-state index in [4.69, 9.17) is 0 Å². The molecule has 0 saturated heterocycles. The molecule has 0 fully saturated rings. The van der Waals surface area contributed by atoms with Crippen molar-refractivity contribution in [1.82, 2.24) is 9.13 Å². The fraction of sp³-hybridized carbons (Fsp3) is 0.368. The van der Waals surface area contributed by atoms with Gasteiger partial charge in [-0.25, -0.2) is 9.79 Å². The molecule has 1 N–H and O–H groups in total. The Hall–Kier alpha value is -2.96. The molecule has 140 valence electrons. The molecule has 0 aliphatic heterocycles. The lowest BCUT2D eigenvalue weighted by atomic mass is 10.2. The lowest BCUT2D eigenvalue weighted by Gasteiger charge is -2.07. The molecule has 26 heavy (non-hydrogen) atoms. The van der Waals surface area contributed by atoms with Gasteiger partial charge in [0.15, 0.2) is 0 Å². The summed E-state index contributed by atoms with van der Waals surface area (Å²) in [5.41, 5.74) is 1.89. The molecule has 0 unspecified atom stereocenters. The summed E-state index contributed by atoms with van der Waals surface area (Å²) < 4.78 is 2.43. The summed E-state index contributed by atoms with van der Waals surface area (Å²) in [4.78, 5) is 38.0. The summed E-state index contributed by atoms with van der Waals surface area (Å²) in [6, 6.07) is 7.77. The Morgan fingerprint density at radius 1 is 1.12 bits per heavy atom. The summed E-state index contributed by atoms with van der Waals surface area (Å²) in [6.45, 7) is 7.25. The first-order valence-electron chi connectivity index (χ1n) is 8.34. The Morgan fingerprint density at radius 2 is 1.69 bits per heavy atom. The molecule has 0 atom stereocenters. The SMILES string of the molecule is C/C=N\c1c(C)c(=O)n(C)c(=O)n1C.CCC(=O)Nc1ccc(C)cc1. The van der Waals surface area contributed by atoms with Gasteiger partial charge < -0.3 is 5.32 Å². The molecule has 0 bridgehead atoms. The Bertz CT molecular complexity index is 869. The van der Waals surface area contributed by atoms with Crippen molar-refractivity contribution >= 4 is 23.6 Å². The number of aromatic nitrogens is 2. The molecule has 1 aromatic heterocycles. The van der Waals surface area contributed by atoms with Gasteiger partial charge in [-0.1, -0.05) is 24.6 Å². The van der Waals surface area contributed by atoms with Gasteiger partial charge in [-0.2, -0.15) is 0 Å². The van der Waals surface area contributed by atoms with E-state index in [-0.39, 0.29) is 17.2 Å². The molecule has 7 nitrogen and oxygen atoms in total. The van der Waals surface area contributed by atoms with Gasteiger partial charge >= 0.3 is 5.69 Å². The highest BCUT2D eigenvalue weighted by molar-refractivity contribution is 5.90. The lowest BCUT2D eigenvalue weighted by Crippen LogP contribution is -2.38. The van der Waals surface area contributed by atoms with Crippen LogP contribution in [0.5, 0.6) is 0 Å². The topological polar surface area (TPSA) is 85.5 Å². The first-order valence-corrected chi connectivity index (χ1v) is 8.34. The zero-order valence-electron chi connectivity index (χ0n) is 16.2.